The number of fused-ring (bicyclic) bond motifs is 1. The van der Waals surface area contributed by atoms with Crippen LogP contribution in [-0.4, -0.2) is 22.2 Å². The van der Waals surface area contributed by atoms with Crippen LogP contribution in [-0.2, 0) is 0 Å². The van der Waals surface area contributed by atoms with Crippen LogP contribution in [0.4, 0.5) is 0 Å². The lowest BCUT2D eigenvalue weighted by molar-refractivity contribution is 0.0956. The highest BCUT2D eigenvalue weighted by molar-refractivity contribution is 6.33. The second-order valence-corrected chi connectivity index (χ2v) is 6.75. The molecular weight excluding hydrogens is 386 g/mol. The van der Waals surface area contributed by atoms with E-state index in [-0.39, 0.29) is 11.7 Å². The molecular formula is C23H16ClN3O2. The Morgan fingerprint density at radius 3 is 2.52 bits per heavy atom. The maximum atomic E-state index is 12.8. The van der Waals surface area contributed by atoms with Gasteiger partial charge in [0, 0.05) is 16.0 Å². The number of benzene rings is 3. The van der Waals surface area contributed by atoms with Crippen molar-refractivity contribution in [3.05, 3.63) is 95.0 Å². The number of hydrazone groups is 1. The number of phenolic OH excluding ortho intramolecular Hbond substituents is 1. The first-order valence-corrected chi connectivity index (χ1v) is 9.27. The molecule has 0 spiro atoms. The van der Waals surface area contributed by atoms with E-state index in [9.17, 15) is 9.90 Å². The Morgan fingerprint density at radius 2 is 1.72 bits per heavy atom. The number of aromatic hydroxyl groups is 1. The van der Waals surface area contributed by atoms with Gasteiger partial charge in [0.15, 0.2) is 0 Å². The minimum Gasteiger partial charge on any atom is -0.508 e. The van der Waals surface area contributed by atoms with E-state index in [2.05, 4.69) is 15.5 Å². The Labute approximate surface area is 172 Å². The molecule has 1 aromatic heterocycles. The van der Waals surface area contributed by atoms with Crippen molar-refractivity contribution < 1.29 is 9.90 Å². The molecule has 0 atom stereocenters. The number of nitrogens with one attached hydrogen (secondary N) is 1. The Balaban J connectivity index is 1.69. The molecule has 0 aliphatic rings. The van der Waals surface area contributed by atoms with Gasteiger partial charge in [-0.3, -0.25) is 4.79 Å². The highest BCUT2D eigenvalue weighted by atomic mass is 35.5. The topological polar surface area (TPSA) is 74.6 Å². The quantitative estimate of drug-likeness (QED) is 0.372. The van der Waals surface area contributed by atoms with Crippen LogP contribution in [0.1, 0.15) is 15.9 Å². The molecule has 0 radical (unpaired) electrons. The molecule has 0 unspecified atom stereocenters. The summed E-state index contributed by atoms with van der Waals surface area (Å²) in [5.41, 5.74) is 5.81. The molecule has 0 aliphatic carbocycles. The number of pyridine rings is 1. The fraction of sp³-hybridized carbons (Fsp3) is 0. The van der Waals surface area contributed by atoms with Crippen LogP contribution in [0, 0.1) is 0 Å². The Bertz CT molecular complexity index is 1220. The monoisotopic (exact) mass is 401 g/mol. The van der Waals surface area contributed by atoms with Gasteiger partial charge in [0.1, 0.15) is 5.75 Å². The van der Waals surface area contributed by atoms with E-state index >= 15 is 0 Å². The summed E-state index contributed by atoms with van der Waals surface area (Å²) in [6, 6.07) is 23.0. The van der Waals surface area contributed by atoms with Crippen LogP contribution in [0.5, 0.6) is 5.75 Å². The van der Waals surface area contributed by atoms with Gasteiger partial charge in [0.2, 0.25) is 0 Å². The van der Waals surface area contributed by atoms with Crippen LogP contribution in [0.2, 0.25) is 5.02 Å². The first kappa shape index (κ1) is 18.7. The zero-order chi connectivity index (χ0) is 20.2. The van der Waals surface area contributed by atoms with E-state index in [1.165, 1.54) is 6.21 Å². The van der Waals surface area contributed by atoms with Gasteiger partial charge in [0.05, 0.1) is 23.0 Å². The van der Waals surface area contributed by atoms with E-state index in [4.69, 9.17) is 11.6 Å². The highest BCUT2D eigenvalue weighted by Crippen LogP contribution is 2.29. The molecule has 0 fully saturated rings. The summed E-state index contributed by atoms with van der Waals surface area (Å²) >= 11 is 6.32. The molecule has 4 rings (SSSR count). The summed E-state index contributed by atoms with van der Waals surface area (Å²) in [6.07, 6.45) is 1.51. The van der Waals surface area contributed by atoms with E-state index in [1.54, 1.807) is 36.4 Å². The number of carbonyl (C=O) groups is 1. The Morgan fingerprint density at radius 1 is 1.00 bits per heavy atom. The summed E-state index contributed by atoms with van der Waals surface area (Å²) in [4.78, 5) is 17.5. The van der Waals surface area contributed by atoms with Gasteiger partial charge in [-0.15, -0.1) is 0 Å². The fourth-order valence-corrected chi connectivity index (χ4v) is 3.19. The first-order valence-electron chi connectivity index (χ1n) is 8.89. The average Bonchev–Trinajstić information content (AvgIpc) is 2.74. The normalized spacial score (nSPS) is 11.1. The van der Waals surface area contributed by atoms with Gasteiger partial charge < -0.3 is 5.11 Å². The maximum absolute atomic E-state index is 12.8. The van der Waals surface area contributed by atoms with Crippen LogP contribution in [0.25, 0.3) is 22.2 Å². The van der Waals surface area contributed by atoms with Gasteiger partial charge in [-0.05, 0) is 48.0 Å². The average molecular weight is 402 g/mol. The number of nitrogens with zero attached hydrogens (tertiary/aromatic N) is 2. The summed E-state index contributed by atoms with van der Waals surface area (Å²) in [5.74, 6) is -0.187. The molecule has 2 N–H and O–H groups in total. The third kappa shape index (κ3) is 4.10. The van der Waals surface area contributed by atoms with Crippen molar-refractivity contribution in [1.82, 2.24) is 10.4 Å². The van der Waals surface area contributed by atoms with Gasteiger partial charge in [-0.1, -0.05) is 48.0 Å². The largest absolute Gasteiger partial charge is 0.508 e. The van der Waals surface area contributed by atoms with E-state index in [0.717, 1.165) is 16.5 Å². The number of amides is 1. The molecule has 4 aromatic rings. The number of carbonyl (C=O) groups excluding carboxylic acids is 1. The summed E-state index contributed by atoms with van der Waals surface area (Å²) in [7, 11) is 0. The molecule has 0 bridgehead atoms. The van der Waals surface area contributed by atoms with E-state index < -0.39 is 0 Å². The van der Waals surface area contributed by atoms with Gasteiger partial charge in [-0.2, -0.15) is 5.10 Å². The van der Waals surface area contributed by atoms with Crippen LogP contribution >= 0.6 is 11.6 Å². The van der Waals surface area contributed by atoms with Crippen molar-refractivity contribution in [2.75, 3.05) is 0 Å². The third-order valence-corrected chi connectivity index (χ3v) is 4.71. The number of rotatable bonds is 4. The van der Waals surface area contributed by atoms with Gasteiger partial charge in [-0.25, -0.2) is 10.4 Å². The molecule has 6 heteroatoms. The number of hydrogen-bond donors (Lipinski definition) is 2. The summed E-state index contributed by atoms with van der Waals surface area (Å²) < 4.78 is 0. The molecule has 3 aromatic carbocycles. The highest BCUT2D eigenvalue weighted by Gasteiger charge is 2.14. The molecule has 1 heterocycles. The van der Waals surface area contributed by atoms with E-state index in [0.29, 0.717) is 21.8 Å². The summed E-state index contributed by atoms with van der Waals surface area (Å²) in [6.45, 7) is 0. The SMILES string of the molecule is O=C(N/N=C/c1ccc(O)cc1)c1cc(-c2ccccc2Cl)nc2ccccc12. The lowest BCUT2D eigenvalue weighted by Gasteiger charge is -2.10. The van der Waals surface area contributed by atoms with Gasteiger partial charge in [0.25, 0.3) is 5.91 Å². The lowest BCUT2D eigenvalue weighted by atomic mass is 10.0. The zero-order valence-corrected chi connectivity index (χ0v) is 16.0. The molecule has 1 amide bonds. The zero-order valence-electron chi connectivity index (χ0n) is 15.2. The van der Waals surface area contributed by atoms with Crippen LogP contribution in [0.3, 0.4) is 0 Å². The molecule has 142 valence electrons. The Hall–Kier alpha value is -3.70. The number of aromatic nitrogens is 1. The minimum atomic E-state index is -0.355. The molecule has 0 saturated carbocycles. The minimum absolute atomic E-state index is 0.168. The predicted octanol–water partition coefficient (Wildman–Crippen LogP) is 5.02. The molecule has 0 aliphatic heterocycles. The number of phenols is 1. The maximum Gasteiger partial charge on any atom is 0.272 e. The molecule has 0 saturated heterocycles. The summed E-state index contributed by atoms with van der Waals surface area (Å²) in [5, 5.41) is 14.6. The van der Waals surface area contributed by atoms with Crippen molar-refractivity contribution in [2.45, 2.75) is 0 Å². The van der Waals surface area contributed by atoms with Crippen molar-refractivity contribution >= 4 is 34.6 Å². The second-order valence-electron chi connectivity index (χ2n) is 6.34. The van der Waals surface area contributed by atoms with Crippen molar-refractivity contribution in [3.63, 3.8) is 0 Å². The van der Waals surface area contributed by atoms with Crippen LogP contribution < -0.4 is 5.43 Å². The number of halogens is 1. The fourth-order valence-electron chi connectivity index (χ4n) is 2.96. The molecule has 5 nitrogen and oxygen atoms in total. The molecule has 29 heavy (non-hydrogen) atoms. The first-order chi connectivity index (χ1) is 14.1. The standard InChI is InChI=1S/C23H16ClN3O2/c24-20-7-3-1-6-18(20)22-13-19(17-5-2-4-8-21(17)26-22)23(29)27-25-14-15-9-11-16(28)12-10-15/h1-14,28H,(H,27,29)/b25-14+. The van der Waals surface area contributed by atoms with Crippen molar-refractivity contribution in [2.24, 2.45) is 5.10 Å². The number of hydrogen-bond acceptors (Lipinski definition) is 4. The number of para-hydroxylation sites is 1. The van der Waals surface area contributed by atoms with Crippen LogP contribution in [0.15, 0.2) is 84.0 Å². The smallest absolute Gasteiger partial charge is 0.272 e. The van der Waals surface area contributed by atoms with E-state index in [1.807, 2.05) is 42.5 Å². The lowest BCUT2D eigenvalue weighted by Crippen LogP contribution is -2.18. The van der Waals surface area contributed by atoms with Gasteiger partial charge >= 0.3 is 0 Å². The third-order valence-electron chi connectivity index (χ3n) is 4.38. The second kappa shape index (κ2) is 8.12. The van der Waals surface area contributed by atoms with Crippen molar-refractivity contribution in [3.8, 4) is 17.0 Å². The Kier molecular flexibility index (Phi) is 5.22. The predicted molar refractivity (Wildman–Crippen MR) is 115 cm³/mol. The van der Waals surface area contributed by atoms with Crippen molar-refractivity contribution in [1.29, 1.82) is 0 Å².